The van der Waals surface area contributed by atoms with Gasteiger partial charge in [0, 0.05) is 6.61 Å². The summed E-state index contributed by atoms with van der Waals surface area (Å²) in [6, 6.07) is 42.2. The summed E-state index contributed by atoms with van der Waals surface area (Å²) in [7, 11) is 0.0330. The second-order valence-corrected chi connectivity index (χ2v) is 14.9. The monoisotopic (exact) mass is 660 g/mol. The Labute approximate surface area is 272 Å². The third kappa shape index (κ3) is 11.2. The fourth-order valence-electron chi connectivity index (χ4n) is 5.93. The number of ether oxygens (including phenoxy) is 2. The molecule has 0 fully saturated rings. The Bertz CT molecular complexity index is 1140. The Morgan fingerprint density at radius 2 is 0.884 bits per heavy atom. The molecule has 0 heterocycles. The maximum atomic E-state index is 5.86. The van der Waals surface area contributed by atoms with Crippen molar-refractivity contribution in [2.75, 3.05) is 26.5 Å². The molecule has 230 valence electrons. The van der Waals surface area contributed by atoms with Crippen LogP contribution in [0.25, 0.3) is 0 Å². The second-order valence-electron chi connectivity index (χ2n) is 11.3. The lowest BCUT2D eigenvalue weighted by Gasteiger charge is -2.27. The zero-order valence-electron chi connectivity index (χ0n) is 26.0. The molecule has 4 rings (SSSR count). The van der Waals surface area contributed by atoms with Gasteiger partial charge in [-0.3, -0.25) is 0 Å². The van der Waals surface area contributed by atoms with Crippen LogP contribution in [0.3, 0.4) is 0 Å². The van der Waals surface area contributed by atoms with E-state index in [1.165, 1.54) is 91.8 Å². The molecule has 0 aromatic heterocycles. The van der Waals surface area contributed by atoms with E-state index in [4.69, 9.17) is 9.47 Å². The van der Waals surface area contributed by atoms with Crippen LogP contribution in [0.4, 0.5) is 0 Å². The van der Waals surface area contributed by atoms with Gasteiger partial charge in [0.1, 0.15) is 28.9 Å². The van der Waals surface area contributed by atoms with Gasteiger partial charge >= 0.3 is 0 Å². The molecule has 0 amide bonds. The fraction of sp³-hybridized carbons (Fsp3) is 0.385. The van der Waals surface area contributed by atoms with Crippen LogP contribution in [0.1, 0.15) is 69.8 Å². The minimum atomic E-state index is -1.67. The molecule has 0 aliphatic heterocycles. The average Bonchev–Trinajstić information content (AvgIpc) is 3.06. The summed E-state index contributed by atoms with van der Waals surface area (Å²) in [5.74, 6) is 0.911. The Morgan fingerprint density at radius 3 is 1.33 bits per heavy atom. The zero-order valence-corrected chi connectivity index (χ0v) is 28.5. The van der Waals surface area contributed by atoms with Crippen LogP contribution in [0.2, 0.25) is 0 Å². The van der Waals surface area contributed by atoms with E-state index < -0.39 is 7.26 Å². The Kier molecular flexibility index (Phi) is 16.7. The van der Waals surface area contributed by atoms with E-state index in [0.29, 0.717) is 0 Å². The highest BCUT2D eigenvalue weighted by Crippen LogP contribution is 2.56. The van der Waals surface area contributed by atoms with Gasteiger partial charge in [-0.15, -0.1) is 0 Å². The number of unbranched alkanes of at least 4 members (excludes halogenated alkanes) is 9. The Hall–Kier alpha value is -2.45. The molecule has 0 bridgehead atoms. The summed E-state index contributed by atoms with van der Waals surface area (Å²) < 4.78 is 11.1. The molecule has 0 unspecified atom stereocenters. The van der Waals surface area contributed by atoms with Crippen molar-refractivity contribution in [3.05, 3.63) is 121 Å². The summed E-state index contributed by atoms with van der Waals surface area (Å²) >= 11 is 0. The van der Waals surface area contributed by atoms with E-state index in [1.807, 2.05) is 12.1 Å². The average molecular weight is 662 g/mol. The van der Waals surface area contributed by atoms with Crippen LogP contribution in [-0.2, 0) is 11.2 Å². The molecule has 0 radical (unpaired) electrons. The first-order valence-electron chi connectivity index (χ1n) is 16.1. The quantitative estimate of drug-likeness (QED) is 0.0836. The van der Waals surface area contributed by atoms with E-state index in [-0.39, 0.29) is 17.0 Å². The van der Waals surface area contributed by atoms with Gasteiger partial charge in [0.15, 0.2) is 0 Å². The van der Waals surface area contributed by atoms with Crippen LogP contribution in [0, 0.1) is 0 Å². The van der Waals surface area contributed by atoms with Crippen molar-refractivity contribution in [2.45, 2.75) is 70.6 Å². The molecule has 0 saturated heterocycles. The van der Waals surface area contributed by atoms with Crippen molar-refractivity contribution in [3.63, 3.8) is 0 Å². The molecule has 0 saturated carbocycles. The van der Waals surface area contributed by atoms with Gasteiger partial charge in [0.25, 0.3) is 0 Å². The predicted molar refractivity (Wildman–Crippen MR) is 184 cm³/mol. The molecule has 4 aromatic carbocycles. The van der Waals surface area contributed by atoms with Gasteiger partial charge in [-0.1, -0.05) is 112 Å². The van der Waals surface area contributed by atoms with E-state index in [2.05, 4.69) is 103 Å². The minimum Gasteiger partial charge on any atom is -1.00 e. The van der Waals surface area contributed by atoms with Gasteiger partial charge in [-0.2, -0.15) is 0 Å². The van der Waals surface area contributed by atoms with Crippen molar-refractivity contribution in [3.8, 4) is 5.75 Å². The van der Waals surface area contributed by atoms with Crippen molar-refractivity contribution in [1.29, 1.82) is 0 Å². The maximum Gasteiger partial charge on any atom is 0.118 e. The Morgan fingerprint density at radius 1 is 0.465 bits per heavy atom. The third-order valence-corrected chi connectivity index (χ3v) is 12.8. The minimum absolute atomic E-state index is 0. The first-order valence-corrected chi connectivity index (χ1v) is 18.1. The standard InChI is InChI=1S/C39H50O2P.BrH/c1-40-36-29-27-35(28-30-36)31-33-41-32-19-8-6-4-2-3-5-7-9-20-34-42(37-21-13-10-14-22-37,38-23-15-11-16-24-38)39-25-17-12-18-26-39;/h10-18,21-30H,2-9,19-20,31-34H2,1H3;1H/q+1;/p-1. The highest BCUT2D eigenvalue weighted by Gasteiger charge is 2.44. The van der Waals surface area contributed by atoms with Gasteiger partial charge in [0.05, 0.1) is 19.9 Å². The predicted octanol–water partition coefficient (Wildman–Crippen LogP) is 6.15. The van der Waals surface area contributed by atoms with Crippen molar-refractivity contribution in [1.82, 2.24) is 0 Å². The summed E-state index contributed by atoms with van der Waals surface area (Å²) in [5.41, 5.74) is 1.31. The van der Waals surface area contributed by atoms with Crippen LogP contribution < -0.4 is 37.6 Å². The topological polar surface area (TPSA) is 18.5 Å². The SMILES string of the molecule is COc1ccc(CCOCCCCCCCCCCCC[P+](c2ccccc2)(c2ccccc2)c2ccccc2)cc1.[Br-]. The molecule has 0 N–H and O–H groups in total. The summed E-state index contributed by atoms with van der Waals surface area (Å²) in [6.45, 7) is 1.69. The Balaban J connectivity index is 0.00000506. The molecule has 0 atom stereocenters. The van der Waals surface area contributed by atoms with Crippen LogP contribution in [0.5, 0.6) is 5.75 Å². The number of benzene rings is 4. The summed E-state index contributed by atoms with van der Waals surface area (Å²) in [4.78, 5) is 0. The van der Waals surface area contributed by atoms with Crippen LogP contribution >= 0.6 is 7.26 Å². The second kappa shape index (κ2) is 20.5. The molecule has 4 aromatic rings. The van der Waals surface area contributed by atoms with Crippen molar-refractivity contribution < 1.29 is 26.5 Å². The maximum absolute atomic E-state index is 5.86. The van der Waals surface area contributed by atoms with Crippen molar-refractivity contribution in [2.24, 2.45) is 0 Å². The molecule has 0 aliphatic carbocycles. The largest absolute Gasteiger partial charge is 1.00 e. The van der Waals surface area contributed by atoms with Gasteiger partial charge in [-0.25, -0.2) is 0 Å². The van der Waals surface area contributed by atoms with Gasteiger partial charge < -0.3 is 26.5 Å². The lowest BCUT2D eigenvalue weighted by molar-refractivity contribution is -0.00000955. The molecular formula is C39H50BrO2P. The molecule has 0 spiro atoms. The smallest absolute Gasteiger partial charge is 0.118 e. The third-order valence-electron chi connectivity index (χ3n) is 8.32. The van der Waals surface area contributed by atoms with E-state index >= 15 is 0 Å². The molecule has 43 heavy (non-hydrogen) atoms. The number of hydrogen-bond acceptors (Lipinski definition) is 2. The number of hydrogen-bond donors (Lipinski definition) is 0. The highest BCUT2D eigenvalue weighted by molar-refractivity contribution is 7.95. The van der Waals surface area contributed by atoms with Gasteiger partial charge in [0.2, 0.25) is 0 Å². The fourth-order valence-corrected chi connectivity index (χ4v) is 10.3. The van der Waals surface area contributed by atoms with E-state index in [1.54, 1.807) is 7.11 Å². The molecule has 4 heteroatoms. The zero-order chi connectivity index (χ0) is 29.1. The van der Waals surface area contributed by atoms with E-state index in [9.17, 15) is 0 Å². The van der Waals surface area contributed by atoms with Crippen LogP contribution in [0.15, 0.2) is 115 Å². The lowest BCUT2D eigenvalue weighted by Crippen LogP contribution is -3.00. The number of halogens is 1. The lowest BCUT2D eigenvalue weighted by atomic mass is 10.1. The first kappa shape index (κ1) is 35.0. The summed E-state index contributed by atoms with van der Waals surface area (Å²) in [6.07, 6.45) is 15.4. The number of methoxy groups -OCH3 is 1. The van der Waals surface area contributed by atoms with Crippen LogP contribution in [-0.4, -0.2) is 26.5 Å². The first-order chi connectivity index (χ1) is 20.8. The van der Waals surface area contributed by atoms with E-state index in [0.717, 1.165) is 25.4 Å². The summed E-state index contributed by atoms with van der Waals surface area (Å²) in [5, 5.41) is 4.51. The highest BCUT2D eigenvalue weighted by atomic mass is 79.9. The normalized spacial score (nSPS) is 11.2. The van der Waals surface area contributed by atoms with Crippen molar-refractivity contribution >= 4 is 23.2 Å². The molecule has 0 aliphatic rings. The molecular weight excluding hydrogens is 611 g/mol. The number of rotatable bonds is 20. The van der Waals surface area contributed by atoms with Gasteiger partial charge in [-0.05, 0) is 79.8 Å². The molecule has 2 nitrogen and oxygen atoms in total.